The predicted molar refractivity (Wildman–Crippen MR) is 197 cm³/mol. The van der Waals surface area contributed by atoms with Gasteiger partial charge in [0.1, 0.15) is 42.7 Å². The Kier molecular flexibility index (Phi) is 10.1. The average Bonchev–Trinajstić information content (AvgIpc) is 3.63. The number of fused-ring (bicyclic) bond motifs is 2. The molecule has 13 nitrogen and oxygen atoms in total. The Morgan fingerprint density at radius 1 is 0.709 bits per heavy atom. The highest BCUT2D eigenvalue weighted by Crippen LogP contribution is 2.89. The van der Waals surface area contributed by atoms with Gasteiger partial charge in [0.25, 0.3) is 0 Å². The van der Waals surface area contributed by atoms with Crippen LogP contribution in [0, 0.1) is 50.7 Å². The molecule has 22 unspecified atom stereocenters. The average molecular weight is 783 g/mol. The Labute approximate surface area is 326 Å². The van der Waals surface area contributed by atoms with Crippen molar-refractivity contribution in [3.63, 3.8) is 0 Å². The summed E-state index contributed by atoms with van der Waals surface area (Å²) in [5, 5.41) is 86.5. The van der Waals surface area contributed by atoms with Crippen molar-refractivity contribution in [2.24, 2.45) is 50.7 Å². The molecule has 3 heterocycles. The van der Waals surface area contributed by atoms with Crippen molar-refractivity contribution in [2.75, 3.05) is 6.61 Å². The molecule has 3 saturated heterocycles. The molecule has 8 N–H and O–H groups in total. The quantitative estimate of drug-likeness (QED) is 0.174. The van der Waals surface area contributed by atoms with Gasteiger partial charge in [-0.15, -0.1) is 0 Å². The van der Waals surface area contributed by atoms with E-state index in [0.717, 1.165) is 44.9 Å². The first-order valence-corrected chi connectivity index (χ1v) is 21.3. The summed E-state index contributed by atoms with van der Waals surface area (Å²) in [5.74, 6) is 1.11. The largest absolute Gasteiger partial charge is 0.394 e. The highest BCUT2D eigenvalue weighted by Gasteiger charge is 2.83. The van der Waals surface area contributed by atoms with Crippen LogP contribution < -0.4 is 0 Å². The second-order valence-electron chi connectivity index (χ2n) is 21.1. The lowest BCUT2D eigenvalue weighted by molar-refractivity contribution is -0.365. The summed E-state index contributed by atoms with van der Waals surface area (Å²) in [6, 6.07) is 0. The molecule has 316 valence electrons. The van der Waals surface area contributed by atoms with Gasteiger partial charge in [-0.25, -0.2) is 0 Å². The topological polar surface area (TPSA) is 208 Å². The lowest BCUT2D eigenvalue weighted by atomic mass is 9.41. The van der Waals surface area contributed by atoms with Crippen molar-refractivity contribution >= 4 is 0 Å². The molecule has 2 spiro atoms. The third-order valence-electron chi connectivity index (χ3n) is 18.2. The fraction of sp³-hybridized carbons (Fsp3) is 1.00. The van der Waals surface area contributed by atoms with Gasteiger partial charge in [-0.2, -0.15) is 0 Å². The monoisotopic (exact) mass is 782 g/mol. The summed E-state index contributed by atoms with van der Waals surface area (Å²) in [7, 11) is 0. The Morgan fingerprint density at radius 3 is 2.00 bits per heavy atom. The van der Waals surface area contributed by atoms with E-state index in [9.17, 15) is 40.9 Å². The normalized spacial score (nSPS) is 58.6. The summed E-state index contributed by atoms with van der Waals surface area (Å²) in [4.78, 5) is 0. The van der Waals surface area contributed by atoms with Crippen molar-refractivity contribution in [2.45, 2.75) is 205 Å². The lowest BCUT2D eigenvalue weighted by Gasteiger charge is -2.63. The van der Waals surface area contributed by atoms with Gasteiger partial charge in [-0.1, -0.05) is 34.6 Å². The van der Waals surface area contributed by atoms with Crippen LogP contribution in [0.2, 0.25) is 0 Å². The second kappa shape index (κ2) is 13.5. The molecule has 0 bridgehead atoms. The van der Waals surface area contributed by atoms with Crippen molar-refractivity contribution in [1.82, 2.24) is 0 Å². The van der Waals surface area contributed by atoms with Crippen molar-refractivity contribution < 1.29 is 64.5 Å². The second-order valence-corrected chi connectivity index (χ2v) is 21.1. The first-order valence-electron chi connectivity index (χ1n) is 21.3. The van der Waals surface area contributed by atoms with Crippen LogP contribution in [0.3, 0.4) is 0 Å². The van der Waals surface area contributed by atoms with E-state index >= 15 is 0 Å². The molecule has 5 aliphatic carbocycles. The zero-order valence-electron chi connectivity index (χ0n) is 34.1. The van der Waals surface area contributed by atoms with E-state index in [2.05, 4.69) is 34.6 Å². The fourth-order valence-electron chi connectivity index (χ4n) is 15.0. The summed E-state index contributed by atoms with van der Waals surface area (Å²) in [5.41, 5.74) is -0.545. The van der Waals surface area contributed by atoms with E-state index in [1.807, 2.05) is 13.8 Å². The van der Waals surface area contributed by atoms with Gasteiger partial charge in [0.2, 0.25) is 0 Å². The Balaban J connectivity index is 0.960. The molecule has 8 rings (SSSR count). The lowest BCUT2D eigenvalue weighted by Crippen LogP contribution is -2.65. The molecule has 0 aromatic carbocycles. The maximum atomic E-state index is 11.9. The summed E-state index contributed by atoms with van der Waals surface area (Å²) in [6.45, 7) is 16.6. The standard InChI is InChI=1S/C42H70O13/c1-19(22-15-26(45)38(5,6)55-22)28-21(44)16-40(8)25-10-9-24-37(3,4)27(11-12-41(24)18-42(25,41)14-13-39(28,40)7)53-36-33(50)31(48)34(23(17-43)52-36)54-35-32(49)30(47)29(46)20(2)51-35/h19-36,43-50H,9-18H2,1-8H3. The third-order valence-corrected chi connectivity index (χ3v) is 18.2. The van der Waals surface area contributed by atoms with E-state index < -0.39 is 85.8 Å². The van der Waals surface area contributed by atoms with Gasteiger partial charge in [-0.3, -0.25) is 0 Å². The summed E-state index contributed by atoms with van der Waals surface area (Å²) < 4.78 is 30.6. The number of ether oxygens (including phenoxy) is 5. The first-order chi connectivity index (χ1) is 25.6. The minimum Gasteiger partial charge on any atom is -0.394 e. The first kappa shape index (κ1) is 41.2. The number of aliphatic hydroxyl groups excluding tert-OH is 8. The Morgan fingerprint density at radius 2 is 1.35 bits per heavy atom. The van der Waals surface area contributed by atoms with Gasteiger partial charge >= 0.3 is 0 Å². The Bertz CT molecular complexity index is 1440. The Hall–Kier alpha value is -0.520. The van der Waals surface area contributed by atoms with E-state index in [1.54, 1.807) is 0 Å². The third kappa shape index (κ3) is 5.72. The number of rotatable bonds is 7. The molecular formula is C42H70O13. The van der Waals surface area contributed by atoms with E-state index in [1.165, 1.54) is 13.3 Å². The van der Waals surface area contributed by atoms with Gasteiger partial charge in [0, 0.05) is 6.42 Å². The van der Waals surface area contributed by atoms with Gasteiger partial charge < -0.3 is 64.5 Å². The summed E-state index contributed by atoms with van der Waals surface area (Å²) >= 11 is 0. The molecule has 0 aromatic heterocycles. The minimum absolute atomic E-state index is 0.0228. The number of hydrogen-bond acceptors (Lipinski definition) is 13. The molecule has 8 aliphatic rings. The van der Waals surface area contributed by atoms with Crippen LogP contribution in [0.4, 0.5) is 0 Å². The molecule has 13 heteroatoms. The number of hydrogen-bond donors (Lipinski definition) is 8. The van der Waals surface area contributed by atoms with Crippen LogP contribution in [0.1, 0.15) is 113 Å². The molecular weight excluding hydrogens is 712 g/mol. The smallest absolute Gasteiger partial charge is 0.187 e. The van der Waals surface area contributed by atoms with Crippen molar-refractivity contribution in [3.05, 3.63) is 0 Å². The molecule has 22 atom stereocenters. The number of aliphatic hydroxyl groups is 8. The predicted octanol–water partition coefficient (Wildman–Crippen LogP) is 2.00. The highest BCUT2D eigenvalue weighted by molar-refractivity contribution is 5.31. The maximum Gasteiger partial charge on any atom is 0.187 e. The van der Waals surface area contributed by atoms with Gasteiger partial charge in [0.15, 0.2) is 12.6 Å². The SMILES string of the molecule is CC1OC(OC2C(CO)OC(OC3CCC45CC46CCC4(C)C(C(C)C7CC(O)C(C)(C)O7)C(O)CC4(C)C6CCC5C3(C)C)C(O)C2O)C(O)C(O)C1O. The minimum atomic E-state index is -1.63. The van der Waals surface area contributed by atoms with E-state index in [4.69, 9.17) is 23.7 Å². The van der Waals surface area contributed by atoms with Crippen molar-refractivity contribution in [3.8, 4) is 0 Å². The van der Waals surface area contributed by atoms with Crippen LogP contribution >= 0.6 is 0 Å². The molecule has 3 aliphatic heterocycles. The highest BCUT2D eigenvalue weighted by atomic mass is 16.7. The zero-order chi connectivity index (χ0) is 40.0. The van der Waals surface area contributed by atoms with E-state index in [-0.39, 0.29) is 51.1 Å². The van der Waals surface area contributed by atoms with Gasteiger partial charge in [-0.05, 0) is 123 Å². The zero-order valence-corrected chi connectivity index (χ0v) is 34.1. The molecule has 0 radical (unpaired) electrons. The molecule has 8 fully saturated rings. The van der Waals surface area contributed by atoms with Crippen LogP contribution in [-0.4, -0.2) is 139 Å². The fourth-order valence-corrected chi connectivity index (χ4v) is 15.0. The van der Waals surface area contributed by atoms with Crippen LogP contribution in [0.15, 0.2) is 0 Å². The van der Waals surface area contributed by atoms with Crippen LogP contribution in [0.25, 0.3) is 0 Å². The van der Waals surface area contributed by atoms with Crippen LogP contribution in [-0.2, 0) is 23.7 Å². The summed E-state index contributed by atoms with van der Waals surface area (Å²) in [6.07, 6.45) is -6.19. The van der Waals surface area contributed by atoms with E-state index in [0.29, 0.717) is 18.3 Å². The van der Waals surface area contributed by atoms with Gasteiger partial charge in [0.05, 0.1) is 42.7 Å². The molecule has 5 saturated carbocycles. The maximum absolute atomic E-state index is 11.9. The molecule has 0 amide bonds. The molecule has 0 aromatic rings. The molecule has 55 heavy (non-hydrogen) atoms. The van der Waals surface area contributed by atoms with Crippen molar-refractivity contribution in [1.29, 1.82) is 0 Å². The van der Waals surface area contributed by atoms with Crippen LogP contribution in [0.5, 0.6) is 0 Å².